The van der Waals surface area contributed by atoms with Crippen molar-refractivity contribution in [1.29, 1.82) is 0 Å². The van der Waals surface area contributed by atoms with Crippen molar-refractivity contribution in [2.24, 2.45) is 0 Å². The van der Waals surface area contributed by atoms with Crippen molar-refractivity contribution < 1.29 is 14.7 Å². The normalized spacial score (nSPS) is 14.1. The summed E-state index contributed by atoms with van der Waals surface area (Å²) < 4.78 is 0. The summed E-state index contributed by atoms with van der Waals surface area (Å²) in [6.45, 7) is 2.21. The molecule has 6 heteroatoms. The lowest BCUT2D eigenvalue weighted by Gasteiger charge is -2.25. The van der Waals surface area contributed by atoms with Gasteiger partial charge >= 0.3 is 6.09 Å². The number of carbonyl (C=O) groups is 2. The van der Waals surface area contributed by atoms with Gasteiger partial charge in [0, 0.05) is 25.6 Å². The zero-order valence-electron chi connectivity index (χ0n) is 9.43. The standard InChI is InChI=1S/C11H13N3O3/c1-7(15)13-9-4-8-6-14(11(16)17)3-2-10(8)12-5-9/h4-5H,2-3,6H2,1H3,(H,13,15)(H,16,17). The predicted molar refractivity (Wildman–Crippen MR) is 60.7 cm³/mol. The Labute approximate surface area is 98.3 Å². The number of fused-ring (bicyclic) bond motifs is 1. The van der Waals surface area contributed by atoms with E-state index in [4.69, 9.17) is 5.11 Å². The first-order valence-electron chi connectivity index (χ1n) is 5.29. The summed E-state index contributed by atoms with van der Waals surface area (Å²) in [6, 6.07) is 1.78. The smallest absolute Gasteiger partial charge is 0.407 e. The van der Waals surface area contributed by atoms with Gasteiger partial charge in [0.15, 0.2) is 0 Å². The molecule has 0 saturated heterocycles. The second-order valence-electron chi connectivity index (χ2n) is 3.97. The third-order valence-electron chi connectivity index (χ3n) is 2.63. The van der Waals surface area contributed by atoms with Crippen molar-refractivity contribution in [3.63, 3.8) is 0 Å². The van der Waals surface area contributed by atoms with Crippen LogP contribution in [0.3, 0.4) is 0 Å². The van der Waals surface area contributed by atoms with E-state index in [-0.39, 0.29) is 5.91 Å². The van der Waals surface area contributed by atoms with E-state index in [0.717, 1.165) is 11.3 Å². The molecule has 0 radical (unpaired) electrons. The molecule has 90 valence electrons. The van der Waals surface area contributed by atoms with Crippen LogP contribution in [-0.2, 0) is 17.8 Å². The minimum absolute atomic E-state index is 0.169. The Balaban J connectivity index is 2.22. The molecule has 0 atom stereocenters. The minimum atomic E-state index is -0.930. The molecule has 1 aromatic rings. The van der Waals surface area contributed by atoms with Crippen LogP contribution < -0.4 is 5.32 Å². The van der Waals surface area contributed by atoms with Gasteiger partial charge in [0.2, 0.25) is 5.91 Å². The average molecular weight is 235 g/mol. The molecule has 0 saturated carbocycles. The highest BCUT2D eigenvalue weighted by Gasteiger charge is 2.21. The van der Waals surface area contributed by atoms with E-state index in [1.165, 1.54) is 11.8 Å². The Kier molecular flexibility index (Phi) is 2.95. The van der Waals surface area contributed by atoms with Crippen molar-refractivity contribution in [1.82, 2.24) is 9.88 Å². The van der Waals surface area contributed by atoms with Crippen LogP contribution in [0.1, 0.15) is 18.2 Å². The van der Waals surface area contributed by atoms with Gasteiger partial charge in [-0.3, -0.25) is 9.78 Å². The number of nitrogens with zero attached hydrogens (tertiary/aromatic N) is 2. The molecular formula is C11H13N3O3. The third-order valence-corrected chi connectivity index (χ3v) is 2.63. The van der Waals surface area contributed by atoms with Gasteiger partial charge in [-0.1, -0.05) is 0 Å². The van der Waals surface area contributed by atoms with E-state index in [2.05, 4.69) is 10.3 Å². The molecule has 2 N–H and O–H groups in total. The van der Waals surface area contributed by atoms with Crippen molar-refractivity contribution in [2.75, 3.05) is 11.9 Å². The number of nitrogens with one attached hydrogen (secondary N) is 1. The van der Waals surface area contributed by atoms with Crippen LogP contribution in [0.5, 0.6) is 0 Å². The van der Waals surface area contributed by atoms with E-state index in [0.29, 0.717) is 25.2 Å². The number of aromatic nitrogens is 1. The summed E-state index contributed by atoms with van der Waals surface area (Å²) >= 11 is 0. The summed E-state index contributed by atoms with van der Waals surface area (Å²) in [5, 5.41) is 11.5. The molecule has 0 aromatic carbocycles. The highest BCUT2D eigenvalue weighted by Crippen LogP contribution is 2.20. The average Bonchev–Trinajstić information content (AvgIpc) is 2.27. The van der Waals surface area contributed by atoms with Crippen LogP contribution >= 0.6 is 0 Å². The van der Waals surface area contributed by atoms with Crippen LogP contribution in [0.2, 0.25) is 0 Å². The van der Waals surface area contributed by atoms with Gasteiger partial charge in [-0.05, 0) is 11.6 Å². The maximum absolute atomic E-state index is 10.9. The monoisotopic (exact) mass is 235 g/mol. The molecule has 17 heavy (non-hydrogen) atoms. The molecule has 0 fully saturated rings. The van der Waals surface area contributed by atoms with Crippen molar-refractivity contribution in [3.8, 4) is 0 Å². The molecule has 0 spiro atoms. The van der Waals surface area contributed by atoms with Gasteiger partial charge < -0.3 is 15.3 Å². The van der Waals surface area contributed by atoms with E-state index >= 15 is 0 Å². The molecule has 1 aliphatic heterocycles. The largest absolute Gasteiger partial charge is 0.465 e. The second kappa shape index (κ2) is 4.40. The fourth-order valence-corrected chi connectivity index (χ4v) is 1.86. The molecule has 0 aliphatic carbocycles. The van der Waals surface area contributed by atoms with Crippen LogP contribution in [0.25, 0.3) is 0 Å². The highest BCUT2D eigenvalue weighted by molar-refractivity contribution is 5.88. The van der Waals surface area contributed by atoms with E-state index in [1.807, 2.05) is 0 Å². The number of anilines is 1. The number of rotatable bonds is 1. The van der Waals surface area contributed by atoms with Crippen LogP contribution in [-0.4, -0.2) is 33.5 Å². The molecule has 6 nitrogen and oxygen atoms in total. The number of hydrogen-bond acceptors (Lipinski definition) is 3. The first-order chi connectivity index (χ1) is 8.06. The van der Waals surface area contributed by atoms with Crippen molar-refractivity contribution in [2.45, 2.75) is 19.9 Å². The Morgan fingerprint density at radius 3 is 2.94 bits per heavy atom. The number of carbonyl (C=O) groups excluding carboxylic acids is 1. The highest BCUT2D eigenvalue weighted by atomic mass is 16.4. The number of pyridine rings is 1. The number of hydrogen-bond donors (Lipinski definition) is 2. The maximum Gasteiger partial charge on any atom is 0.407 e. The van der Waals surface area contributed by atoms with E-state index < -0.39 is 6.09 Å². The molecule has 0 bridgehead atoms. The Hall–Kier alpha value is -2.11. The lowest BCUT2D eigenvalue weighted by molar-refractivity contribution is -0.114. The van der Waals surface area contributed by atoms with Gasteiger partial charge in [-0.2, -0.15) is 0 Å². The SMILES string of the molecule is CC(=O)Nc1cnc2c(c1)CN(C(=O)O)CC2. The first-order valence-corrected chi connectivity index (χ1v) is 5.29. The van der Waals surface area contributed by atoms with Crippen molar-refractivity contribution >= 4 is 17.7 Å². The Bertz CT molecular complexity index is 473. The predicted octanol–water partition coefficient (Wildman–Crippen LogP) is 1.08. The fourth-order valence-electron chi connectivity index (χ4n) is 1.86. The topological polar surface area (TPSA) is 82.5 Å². The molecule has 0 unspecified atom stereocenters. The molecule has 1 aromatic heterocycles. The fraction of sp³-hybridized carbons (Fsp3) is 0.364. The van der Waals surface area contributed by atoms with Gasteiger partial charge in [0.1, 0.15) is 0 Å². The molecule has 2 amide bonds. The van der Waals surface area contributed by atoms with Crippen molar-refractivity contribution in [3.05, 3.63) is 23.5 Å². The van der Waals surface area contributed by atoms with Gasteiger partial charge in [0.25, 0.3) is 0 Å². The third kappa shape index (κ3) is 2.52. The maximum atomic E-state index is 10.9. The number of amides is 2. The second-order valence-corrected chi connectivity index (χ2v) is 3.97. The zero-order chi connectivity index (χ0) is 12.4. The molecule has 2 heterocycles. The number of carboxylic acid groups (broad SMARTS) is 1. The molecule has 1 aliphatic rings. The van der Waals surface area contributed by atoms with Crippen LogP contribution in [0, 0.1) is 0 Å². The summed E-state index contributed by atoms with van der Waals surface area (Å²) in [6.07, 6.45) is 1.28. The lowest BCUT2D eigenvalue weighted by atomic mass is 10.1. The lowest BCUT2D eigenvalue weighted by Crippen LogP contribution is -2.35. The summed E-state index contributed by atoms with van der Waals surface area (Å²) in [7, 11) is 0. The summed E-state index contributed by atoms with van der Waals surface area (Å²) in [5.74, 6) is -0.169. The van der Waals surface area contributed by atoms with E-state index in [9.17, 15) is 9.59 Å². The van der Waals surface area contributed by atoms with Gasteiger partial charge in [-0.15, -0.1) is 0 Å². The van der Waals surface area contributed by atoms with Crippen LogP contribution in [0.15, 0.2) is 12.3 Å². The molecular weight excluding hydrogens is 222 g/mol. The minimum Gasteiger partial charge on any atom is -0.465 e. The van der Waals surface area contributed by atoms with Crippen LogP contribution in [0.4, 0.5) is 10.5 Å². The molecule has 2 rings (SSSR count). The van der Waals surface area contributed by atoms with Gasteiger partial charge in [0.05, 0.1) is 18.4 Å². The van der Waals surface area contributed by atoms with E-state index in [1.54, 1.807) is 12.3 Å². The summed E-state index contributed by atoms with van der Waals surface area (Å²) in [5.41, 5.74) is 2.35. The zero-order valence-corrected chi connectivity index (χ0v) is 9.43. The summed E-state index contributed by atoms with van der Waals surface area (Å²) in [4.78, 5) is 27.3. The quantitative estimate of drug-likeness (QED) is 0.763. The first kappa shape index (κ1) is 11.4. The Morgan fingerprint density at radius 2 is 2.29 bits per heavy atom. The van der Waals surface area contributed by atoms with Gasteiger partial charge in [-0.25, -0.2) is 4.79 Å². The Morgan fingerprint density at radius 1 is 1.53 bits per heavy atom.